The second kappa shape index (κ2) is 4.55. The second-order valence-corrected chi connectivity index (χ2v) is 4.41. The van der Waals surface area contributed by atoms with Gasteiger partial charge in [-0.15, -0.1) is 0 Å². The van der Waals surface area contributed by atoms with Gasteiger partial charge in [-0.2, -0.15) is 0 Å². The third kappa shape index (κ3) is 2.32. The van der Waals surface area contributed by atoms with Crippen LogP contribution in [0.1, 0.15) is 32.1 Å². The minimum Gasteiger partial charge on any atom is -0.398 e. The Bertz CT molecular complexity index is 291. The third-order valence-electron chi connectivity index (χ3n) is 2.54. The maximum Gasteiger partial charge on any atom is 0.316 e. The maximum absolute atomic E-state index is 11.6. The molecule has 1 aromatic rings. The Kier molecular flexibility index (Phi) is 3.14. The van der Waals surface area contributed by atoms with Crippen molar-refractivity contribution in [3.05, 3.63) is 11.6 Å². The van der Waals surface area contributed by atoms with Crippen molar-refractivity contribution >= 4 is 17.3 Å². The van der Waals surface area contributed by atoms with E-state index in [4.69, 9.17) is 4.74 Å². The highest BCUT2D eigenvalue weighted by atomic mass is 32.1. The van der Waals surface area contributed by atoms with Gasteiger partial charge in [0.15, 0.2) is 0 Å². The van der Waals surface area contributed by atoms with Gasteiger partial charge in [-0.05, 0) is 12.8 Å². The molecule has 4 heteroatoms. The molecule has 0 aromatic carbocycles. The first-order chi connectivity index (χ1) is 6.86. The van der Waals surface area contributed by atoms with Crippen LogP contribution in [0.15, 0.2) is 11.6 Å². The lowest BCUT2D eigenvalue weighted by Gasteiger charge is -2.18. The first-order valence-electron chi connectivity index (χ1n) is 4.97. The summed E-state index contributed by atoms with van der Waals surface area (Å²) in [5.74, 6) is 0.00676. The Morgan fingerprint density at radius 2 is 2.21 bits per heavy atom. The fourth-order valence-electron chi connectivity index (χ4n) is 1.77. The molecular weight excluding hydrogens is 198 g/mol. The van der Waals surface area contributed by atoms with Crippen LogP contribution in [-0.4, -0.2) is 11.0 Å². The Hall–Kier alpha value is -0.900. The Morgan fingerprint density at radius 1 is 1.43 bits per heavy atom. The van der Waals surface area contributed by atoms with Crippen molar-refractivity contribution in [3.63, 3.8) is 0 Å². The van der Waals surface area contributed by atoms with Crippen LogP contribution in [-0.2, 0) is 4.79 Å². The van der Waals surface area contributed by atoms with Gasteiger partial charge >= 0.3 is 5.97 Å². The Morgan fingerprint density at radius 3 is 2.86 bits per heavy atom. The summed E-state index contributed by atoms with van der Waals surface area (Å²) in [5.41, 5.74) is 0. The summed E-state index contributed by atoms with van der Waals surface area (Å²) in [6.45, 7) is 0. The van der Waals surface area contributed by atoms with Crippen molar-refractivity contribution in [1.82, 2.24) is 4.98 Å². The van der Waals surface area contributed by atoms with E-state index >= 15 is 0 Å². The monoisotopic (exact) mass is 211 g/mol. The average molecular weight is 211 g/mol. The SMILES string of the molecule is O=C(Oc1nccs1)C1CCCCC1. The van der Waals surface area contributed by atoms with Crippen molar-refractivity contribution in [1.29, 1.82) is 0 Å². The van der Waals surface area contributed by atoms with Crippen LogP contribution < -0.4 is 4.74 Å². The highest BCUT2D eigenvalue weighted by molar-refractivity contribution is 7.11. The van der Waals surface area contributed by atoms with E-state index in [1.807, 2.05) is 5.38 Å². The van der Waals surface area contributed by atoms with Gasteiger partial charge in [0, 0.05) is 11.6 Å². The molecule has 1 fully saturated rings. The summed E-state index contributed by atoms with van der Waals surface area (Å²) in [7, 11) is 0. The summed E-state index contributed by atoms with van der Waals surface area (Å²) >= 11 is 1.36. The number of nitrogens with zero attached hydrogens (tertiary/aromatic N) is 1. The first-order valence-corrected chi connectivity index (χ1v) is 5.85. The zero-order valence-electron chi connectivity index (χ0n) is 7.94. The van der Waals surface area contributed by atoms with E-state index < -0.39 is 0 Å². The summed E-state index contributed by atoms with van der Waals surface area (Å²) < 4.78 is 5.16. The van der Waals surface area contributed by atoms with Gasteiger partial charge in [0.2, 0.25) is 0 Å². The number of esters is 1. The molecule has 1 heterocycles. The fourth-order valence-corrected chi connectivity index (χ4v) is 2.26. The number of carbonyl (C=O) groups excluding carboxylic acids is 1. The van der Waals surface area contributed by atoms with E-state index in [0.29, 0.717) is 5.19 Å². The summed E-state index contributed by atoms with van der Waals surface area (Å²) in [4.78, 5) is 15.5. The molecule has 0 saturated heterocycles. The molecule has 2 rings (SSSR count). The summed E-state index contributed by atoms with van der Waals surface area (Å²) in [6, 6.07) is 0. The molecule has 0 aliphatic heterocycles. The van der Waals surface area contributed by atoms with Crippen molar-refractivity contribution in [2.24, 2.45) is 5.92 Å². The van der Waals surface area contributed by atoms with Gasteiger partial charge in [0.1, 0.15) is 0 Å². The van der Waals surface area contributed by atoms with E-state index in [1.165, 1.54) is 17.8 Å². The molecule has 0 bridgehead atoms. The minimum absolute atomic E-state index is 0.0975. The predicted octanol–water partition coefficient (Wildman–Crippen LogP) is 2.63. The minimum atomic E-state index is -0.0975. The van der Waals surface area contributed by atoms with Gasteiger partial charge in [-0.25, -0.2) is 4.98 Å². The first kappa shape index (κ1) is 9.65. The van der Waals surface area contributed by atoms with E-state index in [2.05, 4.69) is 4.98 Å². The van der Waals surface area contributed by atoms with E-state index in [9.17, 15) is 4.79 Å². The largest absolute Gasteiger partial charge is 0.398 e. The smallest absolute Gasteiger partial charge is 0.316 e. The van der Waals surface area contributed by atoms with Gasteiger partial charge < -0.3 is 4.74 Å². The fraction of sp³-hybridized carbons (Fsp3) is 0.600. The molecule has 14 heavy (non-hydrogen) atoms. The van der Waals surface area contributed by atoms with Gasteiger partial charge in [-0.3, -0.25) is 4.79 Å². The van der Waals surface area contributed by atoms with Crippen LogP contribution in [0, 0.1) is 5.92 Å². The third-order valence-corrected chi connectivity index (χ3v) is 3.18. The van der Waals surface area contributed by atoms with Crippen molar-refractivity contribution in [2.45, 2.75) is 32.1 Å². The van der Waals surface area contributed by atoms with Crippen LogP contribution in [0.25, 0.3) is 0 Å². The molecule has 1 aliphatic carbocycles. The number of thiazole rings is 1. The van der Waals surface area contributed by atoms with Crippen LogP contribution in [0.3, 0.4) is 0 Å². The highest BCUT2D eigenvalue weighted by Crippen LogP contribution is 2.25. The lowest BCUT2D eigenvalue weighted by molar-refractivity contribution is -0.139. The quantitative estimate of drug-likeness (QED) is 0.706. The highest BCUT2D eigenvalue weighted by Gasteiger charge is 2.23. The molecule has 0 atom stereocenters. The van der Waals surface area contributed by atoms with Crippen LogP contribution >= 0.6 is 11.3 Å². The standard InChI is InChI=1S/C10H13NO2S/c12-9(8-4-2-1-3-5-8)13-10-11-6-7-14-10/h6-8H,1-5H2. The molecule has 0 radical (unpaired) electrons. The number of aromatic nitrogens is 1. The van der Waals surface area contributed by atoms with Crippen LogP contribution in [0.2, 0.25) is 0 Å². The molecule has 1 saturated carbocycles. The summed E-state index contributed by atoms with van der Waals surface area (Å²) in [5, 5.41) is 2.28. The lowest BCUT2D eigenvalue weighted by atomic mass is 9.89. The molecule has 0 unspecified atom stereocenters. The lowest BCUT2D eigenvalue weighted by Crippen LogP contribution is -2.22. The Balaban J connectivity index is 1.88. The van der Waals surface area contributed by atoms with E-state index in [-0.39, 0.29) is 11.9 Å². The maximum atomic E-state index is 11.6. The normalized spacial score (nSPS) is 18.0. The number of carbonyl (C=O) groups is 1. The molecule has 3 nitrogen and oxygen atoms in total. The Labute approximate surface area is 87.1 Å². The van der Waals surface area contributed by atoms with Crippen LogP contribution in [0.4, 0.5) is 0 Å². The molecule has 1 aromatic heterocycles. The van der Waals surface area contributed by atoms with E-state index in [1.54, 1.807) is 6.20 Å². The molecule has 1 aliphatic rings. The molecular formula is C10H13NO2S. The van der Waals surface area contributed by atoms with Crippen molar-refractivity contribution in [3.8, 4) is 5.19 Å². The van der Waals surface area contributed by atoms with Gasteiger partial charge in [-0.1, -0.05) is 30.6 Å². The molecule has 0 amide bonds. The van der Waals surface area contributed by atoms with Crippen LogP contribution in [0.5, 0.6) is 5.19 Å². The molecule has 0 N–H and O–H groups in total. The number of hydrogen-bond acceptors (Lipinski definition) is 4. The van der Waals surface area contributed by atoms with Crippen molar-refractivity contribution < 1.29 is 9.53 Å². The second-order valence-electron chi connectivity index (χ2n) is 3.55. The molecule has 0 spiro atoms. The van der Waals surface area contributed by atoms with Crippen molar-refractivity contribution in [2.75, 3.05) is 0 Å². The predicted molar refractivity (Wildman–Crippen MR) is 54.3 cm³/mol. The number of ether oxygens (including phenoxy) is 1. The average Bonchev–Trinajstić information content (AvgIpc) is 2.72. The van der Waals surface area contributed by atoms with Gasteiger partial charge in [0.05, 0.1) is 5.92 Å². The number of rotatable bonds is 2. The zero-order chi connectivity index (χ0) is 9.80. The number of hydrogen-bond donors (Lipinski definition) is 0. The van der Waals surface area contributed by atoms with Gasteiger partial charge in [0.25, 0.3) is 5.19 Å². The zero-order valence-corrected chi connectivity index (χ0v) is 8.76. The summed E-state index contributed by atoms with van der Waals surface area (Å²) in [6.07, 6.45) is 7.15. The topological polar surface area (TPSA) is 39.2 Å². The molecule has 76 valence electrons. The van der Waals surface area contributed by atoms with E-state index in [0.717, 1.165) is 25.7 Å².